The monoisotopic (exact) mass is 460 g/mol. The Balaban J connectivity index is 1.94. The molecular formula is C20H27ClN9O2+. The van der Waals surface area contributed by atoms with Crippen molar-refractivity contribution in [2.75, 3.05) is 24.6 Å². The number of aromatic nitrogens is 4. The number of aryl methyl sites for hydroxylation is 2. The summed E-state index contributed by atoms with van der Waals surface area (Å²) in [4.78, 5) is 32.8. The van der Waals surface area contributed by atoms with Gasteiger partial charge in [-0.15, -0.1) is 0 Å². The number of nitrogens with zero attached hydrogens (tertiary/aromatic N) is 4. The molecule has 8 N–H and O–H groups in total. The summed E-state index contributed by atoms with van der Waals surface area (Å²) in [5, 5.41) is 5.51. The van der Waals surface area contributed by atoms with Crippen LogP contribution in [0.1, 0.15) is 40.5 Å². The average molecular weight is 461 g/mol. The van der Waals surface area contributed by atoms with Crippen LogP contribution in [0.3, 0.4) is 0 Å². The van der Waals surface area contributed by atoms with Crippen molar-refractivity contribution in [1.82, 2.24) is 25.2 Å². The predicted molar refractivity (Wildman–Crippen MR) is 122 cm³/mol. The van der Waals surface area contributed by atoms with Crippen LogP contribution in [0.25, 0.3) is 11.0 Å². The van der Waals surface area contributed by atoms with Gasteiger partial charge in [0, 0.05) is 24.7 Å². The second kappa shape index (κ2) is 9.79. The molecule has 0 radical (unpaired) electrons. The fourth-order valence-corrected chi connectivity index (χ4v) is 3.70. The minimum absolute atomic E-state index is 0.0399. The molecule has 0 bridgehead atoms. The maximum Gasteiger partial charge on any atom is 0.277 e. The number of nitrogens with two attached hydrogens (primary N) is 3. The molecule has 32 heavy (non-hydrogen) atoms. The second-order valence-electron chi connectivity index (χ2n) is 6.97. The third kappa shape index (κ3) is 4.43. The van der Waals surface area contributed by atoms with Crippen LogP contribution >= 0.6 is 11.6 Å². The summed E-state index contributed by atoms with van der Waals surface area (Å²) in [7, 11) is 0. The highest BCUT2D eigenvalue weighted by Gasteiger charge is 2.25. The van der Waals surface area contributed by atoms with Gasteiger partial charge in [0.2, 0.25) is 0 Å². The summed E-state index contributed by atoms with van der Waals surface area (Å²) >= 11 is 5.89. The Labute approximate surface area is 189 Å². The highest BCUT2D eigenvalue weighted by Crippen LogP contribution is 2.19. The topological polar surface area (TPSA) is 171 Å². The lowest BCUT2D eigenvalue weighted by molar-refractivity contribution is -0.676. The molecule has 0 unspecified atom stereocenters. The van der Waals surface area contributed by atoms with Gasteiger partial charge in [0.05, 0.1) is 13.1 Å². The average Bonchev–Trinajstić information content (AvgIpc) is 3.09. The second-order valence-corrected chi connectivity index (χ2v) is 7.33. The number of hydrogen-bond donors (Lipinski definition) is 5. The minimum Gasteiger partial charge on any atom is -0.382 e. The van der Waals surface area contributed by atoms with Crippen LogP contribution in [0.4, 0.5) is 11.6 Å². The molecule has 0 aliphatic carbocycles. The van der Waals surface area contributed by atoms with E-state index in [4.69, 9.17) is 28.8 Å². The Bertz CT molecular complexity index is 1180. The first-order chi connectivity index (χ1) is 15.3. The molecule has 0 atom stereocenters. The molecule has 0 aliphatic rings. The Kier molecular flexibility index (Phi) is 7.11. The first-order valence-corrected chi connectivity index (χ1v) is 10.6. The first-order valence-electron chi connectivity index (χ1n) is 10.2. The Morgan fingerprint density at radius 3 is 2.53 bits per heavy atom. The van der Waals surface area contributed by atoms with Crippen molar-refractivity contribution in [2.45, 2.75) is 33.5 Å². The number of rotatable bonds is 8. The number of amides is 2. The van der Waals surface area contributed by atoms with Gasteiger partial charge in [0.15, 0.2) is 33.5 Å². The lowest BCUT2D eigenvalue weighted by atomic mass is 10.2. The lowest BCUT2D eigenvalue weighted by Gasteiger charge is -2.08. The Morgan fingerprint density at radius 1 is 1.12 bits per heavy atom. The summed E-state index contributed by atoms with van der Waals surface area (Å²) in [5.74, 6) is 0.00697. The van der Waals surface area contributed by atoms with Crippen molar-refractivity contribution in [2.24, 2.45) is 5.73 Å². The Morgan fingerprint density at radius 2 is 1.88 bits per heavy atom. The van der Waals surface area contributed by atoms with E-state index in [2.05, 4.69) is 25.2 Å². The van der Waals surface area contributed by atoms with Crippen molar-refractivity contribution in [3.8, 4) is 0 Å². The highest BCUT2D eigenvalue weighted by molar-refractivity contribution is 6.31. The lowest BCUT2D eigenvalue weighted by Crippen LogP contribution is -2.40. The van der Waals surface area contributed by atoms with Gasteiger partial charge in [-0.1, -0.05) is 11.6 Å². The molecule has 0 aliphatic heterocycles. The zero-order valence-electron chi connectivity index (χ0n) is 18.0. The van der Waals surface area contributed by atoms with Gasteiger partial charge < -0.3 is 27.8 Å². The fourth-order valence-electron chi connectivity index (χ4n) is 3.57. The molecule has 3 rings (SSSR count). The summed E-state index contributed by atoms with van der Waals surface area (Å²) in [6.45, 7) is 6.28. The number of hydrogen-bond acceptors (Lipinski definition) is 7. The van der Waals surface area contributed by atoms with Crippen molar-refractivity contribution in [3.05, 3.63) is 40.4 Å². The molecule has 0 saturated carbocycles. The van der Waals surface area contributed by atoms with E-state index in [-0.39, 0.29) is 34.9 Å². The standard InChI is InChI=1S/C20H26ClN9O2/c1-3-29-12-6-5-11(19(31)25-8-7-22)9-13(12)30(4-2)14(29)10-26-20(32)15-17(23)28-18(24)16(21)27-15/h5-6,9H,3-4,7-8,10,22H2,1-2H3,(H5-,23,24,25,26,28,31,32)/p+1. The third-order valence-electron chi connectivity index (χ3n) is 5.03. The van der Waals surface area contributed by atoms with Gasteiger partial charge in [0.25, 0.3) is 17.6 Å². The van der Waals surface area contributed by atoms with Crippen LogP contribution in [0.5, 0.6) is 0 Å². The molecule has 0 fully saturated rings. The molecule has 2 amide bonds. The molecule has 3 aromatic rings. The van der Waals surface area contributed by atoms with E-state index in [1.165, 1.54) is 0 Å². The first kappa shape index (κ1) is 23.2. The van der Waals surface area contributed by atoms with Crippen LogP contribution in [0.2, 0.25) is 5.15 Å². The van der Waals surface area contributed by atoms with E-state index >= 15 is 0 Å². The number of imidazole rings is 1. The Hall–Kier alpha value is -3.44. The number of carbonyl (C=O) groups excluding carboxylic acids is 2. The van der Waals surface area contributed by atoms with Crippen LogP contribution < -0.4 is 32.4 Å². The summed E-state index contributed by atoms with van der Waals surface area (Å²) < 4.78 is 4.12. The van der Waals surface area contributed by atoms with E-state index in [9.17, 15) is 9.59 Å². The van der Waals surface area contributed by atoms with Crippen LogP contribution in [-0.2, 0) is 19.6 Å². The molecule has 0 saturated heterocycles. The SMILES string of the molecule is CCn1c(CNC(=O)c2nc(Cl)c(N)nc2N)[n+](CC)c2ccc(C(=O)NCCN)cc21. The van der Waals surface area contributed by atoms with E-state index in [0.717, 1.165) is 16.9 Å². The summed E-state index contributed by atoms with van der Waals surface area (Å²) in [6, 6.07) is 5.51. The fraction of sp³-hybridized carbons (Fsp3) is 0.350. The quantitative estimate of drug-likeness (QED) is 0.298. The molecule has 11 nitrogen and oxygen atoms in total. The van der Waals surface area contributed by atoms with Crippen LogP contribution in [0, 0.1) is 0 Å². The number of benzene rings is 1. The summed E-state index contributed by atoms with van der Waals surface area (Å²) in [5.41, 5.74) is 19.1. The number of halogens is 1. The number of anilines is 2. The van der Waals surface area contributed by atoms with E-state index < -0.39 is 5.91 Å². The minimum atomic E-state index is -0.519. The molecule has 1 aromatic carbocycles. The third-order valence-corrected chi connectivity index (χ3v) is 5.31. The zero-order chi connectivity index (χ0) is 23.4. The molecule has 12 heteroatoms. The van der Waals surface area contributed by atoms with Gasteiger partial charge in [-0.2, -0.15) is 0 Å². The predicted octanol–water partition coefficient (Wildman–Crippen LogP) is 0.195. The van der Waals surface area contributed by atoms with E-state index in [1.807, 2.05) is 30.5 Å². The molecule has 2 heterocycles. The number of carbonyl (C=O) groups is 2. The number of nitrogen functional groups attached to an aromatic ring is 2. The van der Waals surface area contributed by atoms with Crippen LogP contribution in [0.15, 0.2) is 18.2 Å². The zero-order valence-corrected chi connectivity index (χ0v) is 18.7. The van der Waals surface area contributed by atoms with Crippen molar-refractivity contribution in [1.29, 1.82) is 0 Å². The molecule has 2 aromatic heterocycles. The summed E-state index contributed by atoms with van der Waals surface area (Å²) in [6.07, 6.45) is 0. The normalized spacial score (nSPS) is 11.0. The molecule has 0 spiro atoms. The maximum atomic E-state index is 12.7. The van der Waals surface area contributed by atoms with Crippen LogP contribution in [-0.4, -0.2) is 39.4 Å². The van der Waals surface area contributed by atoms with E-state index in [0.29, 0.717) is 31.7 Å². The number of nitrogens with one attached hydrogen (secondary N) is 2. The van der Waals surface area contributed by atoms with Crippen molar-refractivity contribution >= 4 is 46.1 Å². The molecule has 170 valence electrons. The van der Waals surface area contributed by atoms with Gasteiger partial charge in [-0.3, -0.25) is 9.59 Å². The van der Waals surface area contributed by atoms with Gasteiger partial charge in [-0.25, -0.2) is 19.1 Å². The largest absolute Gasteiger partial charge is 0.382 e. The van der Waals surface area contributed by atoms with Crippen molar-refractivity contribution in [3.63, 3.8) is 0 Å². The van der Waals surface area contributed by atoms with Gasteiger partial charge in [-0.05, 0) is 26.0 Å². The smallest absolute Gasteiger partial charge is 0.277 e. The number of fused-ring (bicyclic) bond motifs is 1. The van der Waals surface area contributed by atoms with Crippen molar-refractivity contribution < 1.29 is 14.2 Å². The van der Waals surface area contributed by atoms with Gasteiger partial charge >= 0.3 is 0 Å². The highest BCUT2D eigenvalue weighted by atomic mass is 35.5. The van der Waals surface area contributed by atoms with Gasteiger partial charge in [0.1, 0.15) is 6.54 Å². The van der Waals surface area contributed by atoms with E-state index in [1.54, 1.807) is 6.07 Å². The maximum absolute atomic E-state index is 12.7. The molecular weight excluding hydrogens is 434 g/mol.